The van der Waals surface area contributed by atoms with E-state index in [2.05, 4.69) is 15.3 Å². The van der Waals surface area contributed by atoms with Crippen molar-refractivity contribution in [1.29, 1.82) is 0 Å². The maximum atomic E-state index is 11.3. The number of carboxylic acid groups (broad SMARTS) is 1. The Kier molecular flexibility index (Phi) is 3.13. The lowest BCUT2D eigenvalue weighted by atomic mass is 9.92. The van der Waals surface area contributed by atoms with Crippen molar-refractivity contribution in [2.45, 2.75) is 48.4 Å². The second kappa shape index (κ2) is 4.60. The molecule has 108 valence electrons. The Balaban J connectivity index is 1.92. The van der Waals surface area contributed by atoms with Crippen LogP contribution in [0.25, 0.3) is 0 Å². The zero-order valence-corrected chi connectivity index (χ0v) is 12.0. The van der Waals surface area contributed by atoms with Gasteiger partial charge >= 0.3 is 5.97 Å². The lowest BCUT2D eigenvalue weighted by Gasteiger charge is -2.29. The summed E-state index contributed by atoms with van der Waals surface area (Å²) in [7, 11) is 0. The normalized spacial score (nSPS) is 31.5. The van der Waals surface area contributed by atoms with Crippen molar-refractivity contribution >= 4 is 23.5 Å². The lowest BCUT2D eigenvalue weighted by Crippen LogP contribution is -2.34. The summed E-state index contributed by atoms with van der Waals surface area (Å²) in [4.78, 5) is 19.6. The van der Waals surface area contributed by atoms with Gasteiger partial charge in [0.25, 0.3) is 0 Å². The number of thioether (sulfide) groups is 1. The van der Waals surface area contributed by atoms with Gasteiger partial charge in [-0.15, -0.1) is 0 Å². The molecule has 0 amide bonds. The first-order valence-corrected chi connectivity index (χ1v) is 7.83. The number of hydrogen-bond acceptors (Lipinski definition) is 6. The van der Waals surface area contributed by atoms with Gasteiger partial charge in [-0.3, -0.25) is 0 Å². The number of nitrogens with one attached hydrogen (secondary N) is 1. The lowest BCUT2D eigenvalue weighted by molar-refractivity contribution is 0.0521. The van der Waals surface area contributed by atoms with E-state index in [-0.39, 0.29) is 11.1 Å². The van der Waals surface area contributed by atoms with Crippen LogP contribution in [0.15, 0.2) is 11.4 Å². The molecule has 20 heavy (non-hydrogen) atoms. The molecule has 0 spiro atoms. The zero-order valence-electron chi connectivity index (χ0n) is 11.2. The highest BCUT2D eigenvalue weighted by Gasteiger charge is 2.53. The summed E-state index contributed by atoms with van der Waals surface area (Å²) in [6.07, 6.45) is 7.09. The van der Waals surface area contributed by atoms with Crippen LogP contribution in [0, 0.1) is 0 Å². The van der Waals surface area contributed by atoms with Crippen LogP contribution in [0.5, 0.6) is 0 Å². The highest BCUT2D eigenvalue weighted by molar-refractivity contribution is 7.98. The Morgan fingerprint density at radius 2 is 2.10 bits per heavy atom. The summed E-state index contributed by atoms with van der Waals surface area (Å²) in [5.74, 6) is -0.675. The number of hydrogen-bond donors (Lipinski definition) is 3. The summed E-state index contributed by atoms with van der Waals surface area (Å²) in [5.41, 5.74) is -0.714. The Bertz CT molecular complexity index is 556. The number of fused-ring (bicyclic) bond motifs is 2. The fourth-order valence-electron chi connectivity index (χ4n) is 3.31. The molecule has 0 atom stereocenters. The minimum absolute atomic E-state index is 0.0829. The van der Waals surface area contributed by atoms with Gasteiger partial charge < -0.3 is 15.5 Å². The van der Waals surface area contributed by atoms with E-state index in [4.69, 9.17) is 0 Å². The molecule has 0 aliphatic heterocycles. The highest BCUT2D eigenvalue weighted by Crippen LogP contribution is 2.52. The van der Waals surface area contributed by atoms with Crippen LogP contribution < -0.4 is 5.32 Å². The van der Waals surface area contributed by atoms with Crippen molar-refractivity contribution in [3.05, 3.63) is 11.8 Å². The van der Waals surface area contributed by atoms with Gasteiger partial charge in [0.15, 0.2) is 5.16 Å². The number of carbonyl (C=O) groups is 1. The van der Waals surface area contributed by atoms with Gasteiger partial charge in [-0.1, -0.05) is 11.8 Å². The van der Waals surface area contributed by atoms with Gasteiger partial charge in [0, 0.05) is 11.7 Å². The number of aromatic carboxylic acids is 1. The molecule has 7 heteroatoms. The summed E-state index contributed by atoms with van der Waals surface area (Å²) in [6.45, 7) is 0. The van der Waals surface area contributed by atoms with E-state index in [0.717, 1.165) is 25.7 Å². The van der Waals surface area contributed by atoms with Crippen molar-refractivity contribution in [2.75, 3.05) is 11.6 Å². The first kappa shape index (κ1) is 13.6. The van der Waals surface area contributed by atoms with Crippen LogP contribution >= 0.6 is 11.8 Å². The molecule has 0 unspecified atom stereocenters. The van der Waals surface area contributed by atoms with Crippen molar-refractivity contribution in [3.63, 3.8) is 0 Å². The standard InChI is InChI=1S/C13H17N3O3S/c1-20-11-14-6-8(10(17)18)9(15-11)16-12-2-4-13(19,7-12)5-3-12/h6,19H,2-5,7H2,1H3,(H,17,18)(H,14,15,16). The molecule has 1 aromatic heterocycles. The number of nitrogens with zero attached hydrogens (tertiary/aromatic N) is 2. The quantitative estimate of drug-likeness (QED) is 0.575. The van der Waals surface area contributed by atoms with E-state index >= 15 is 0 Å². The molecular formula is C13H17N3O3S. The molecule has 1 heterocycles. The molecule has 2 fully saturated rings. The molecule has 0 aromatic carbocycles. The Morgan fingerprint density at radius 3 is 2.60 bits per heavy atom. The zero-order chi connectivity index (χ0) is 14.4. The minimum atomic E-state index is -1.04. The first-order chi connectivity index (χ1) is 9.45. The highest BCUT2D eigenvalue weighted by atomic mass is 32.2. The smallest absolute Gasteiger partial charge is 0.341 e. The minimum Gasteiger partial charge on any atom is -0.477 e. The van der Waals surface area contributed by atoms with Gasteiger partial charge in [0.2, 0.25) is 0 Å². The monoisotopic (exact) mass is 295 g/mol. The molecular weight excluding hydrogens is 278 g/mol. The predicted octanol–water partition coefficient (Wildman–Crippen LogP) is 1.76. The molecule has 0 radical (unpaired) electrons. The summed E-state index contributed by atoms with van der Waals surface area (Å²) in [5, 5.41) is 23.3. The van der Waals surface area contributed by atoms with Gasteiger partial charge in [0.1, 0.15) is 11.4 Å². The van der Waals surface area contributed by atoms with E-state index in [1.54, 1.807) is 0 Å². The Morgan fingerprint density at radius 1 is 1.40 bits per heavy atom. The molecule has 2 saturated carbocycles. The predicted molar refractivity (Wildman–Crippen MR) is 75.2 cm³/mol. The van der Waals surface area contributed by atoms with Crippen LogP contribution in [-0.2, 0) is 0 Å². The van der Waals surface area contributed by atoms with Gasteiger partial charge in [-0.2, -0.15) is 0 Å². The van der Waals surface area contributed by atoms with E-state index in [0.29, 0.717) is 17.4 Å². The van der Waals surface area contributed by atoms with Gasteiger partial charge in [-0.25, -0.2) is 14.8 Å². The maximum absolute atomic E-state index is 11.3. The topological polar surface area (TPSA) is 95.3 Å². The molecule has 1 aromatic rings. The second-order valence-corrected chi connectivity index (χ2v) is 6.50. The SMILES string of the molecule is CSc1ncc(C(=O)O)c(NC23CCC(O)(CC2)C3)n1. The number of anilines is 1. The molecule has 2 bridgehead atoms. The number of aromatic nitrogens is 2. The molecule has 2 aliphatic carbocycles. The number of rotatable bonds is 4. The third kappa shape index (κ3) is 2.25. The van der Waals surface area contributed by atoms with Crippen LogP contribution in [0.3, 0.4) is 0 Å². The fourth-order valence-corrected chi connectivity index (χ4v) is 3.65. The molecule has 0 saturated heterocycles. The molecule has 2 aliphatic rings. The first-order valence-electron chi connectivity index (χ1n) is 6.60. The van der Waals surface area contributed by atoms with E-state index in [9.17, 15) is 15.0 Å². The van der Waals surface area contributed by atoms with Crippen LogP contribution in [0.2, 0.25) is 0 Å². The average Bonchev–Trinajstić information content (AvgIpc) is 2.91. The molecule has 3 rings (SSSR count). The van der Waals surface area contributed by atoms with Crippen LogP contribution in [-0.4, -0.2) is 43.5 Å². The summed E-state index contributed by atoms with van der Waals surface area (Å²) >= 11 is 1.37. The van der Waals surface area contributed by atoms with Gasteiger partial charge in [-0.05, 0) is 38.4 Å². The number of aliphatic hydroxyl groups is 1. The molecule has 3 N–H and O–H groups in total. The van der Waals surface area contributed by atoms with Crippen LogP contribution in [0.1, 0.15) is 42.5 Å². The second-order valence-electron chi connectivity index (χ2n) is 5.73. The Labute approximate surface area is 121 Å². The van der Waals surface area contributed by atoms with Crippen molar-refractivity contribution in [2.24, 2.45) is 0 Å². The molecule has 6 nitrogen and oxygen atoms in total. The van der Waals surface area contributed by atoms with Crippen molar-refractivity contribution in [3.8, 4) is 0 Å². The fraction of sp³-hybridized carbons (Fsp3) is 0.615. The van der Waals surface area contributed by atoms with Crippen molar-refractivity contribution < 1.29 is 15.0 Å². The summed E-state index contributed by atoms with van der Waals surface area (Å²) < 4.78 is 0. The van der Waals surface area contributed by atoms with E-state index in [1.807, 2.05) is 6.26 Å². The third-order valence-corrected chi connectivity index (χ3v) is 4.93. The average molecular weight is 295 g/mol. The third-order valence-electron chi connectivity index (χ3n) is 4.37. The Hall–Kier alpha value is -1.34. The number of carboxylic acids is 1. The van der Waals surface area contributed by atoms with E-state index in [1.165, 1.54) is 18.0 Å². The maximum Gasteiger partial charge on any atom is 0.341 e. The van der Waals surface area contributed by atoms with Crippen molar-refractivity contribution in [1.82, 2.24) is 9.97 Å². The van der Waals surface area contributed by atoms with Crippen LogP contribution in [0.4, 0.5) is 5.82 Å². The summed E-state index contributed by atoms with van der Waals surface area (Å²) in [6, 6.07) is 0. The van der Waals surface area contributed by atoms with Gasteiger partial charge in [0.05, 0.1) is 5.60 Å². The largest absolute Gasteiger partial charge is 0.477 e. The van der Waals surface area contributed by atoms with E-state index < -0.39 is 11.6 Å².